The van der Waals surface area contributed by atoms with E-state index >= 15 is 0 Å². The molecule has 0 spiro atoms. The molecular formula is C13H10F2N2O3. The molecule has 0 radical (unpaired) electrons. The molecule has 1 aliphatic rings. The maximum absolute atomic E-state index is 13.2. The number of benzene rings is 1. The van der Waals surface area contributed by atoms with Gasteiger partial charge in [-0.25, -0.2) is 8.78 Å². The molecule has 0 aliphatic carbocycles. The van der Waals surface area contributed by atoms with Gasteiger partial charge in [-0.05, 0) is 6.07 Å². The Kier molecular flexibility index (Phi) is 3.60. The average molecular weight is 280 g/mol. The van der Waals surface area contributed by atoms with Crippen LogP contribution in [0.15, 0.2) is 28.9 Å². The molecule has 0 atom stereocenters. The number of Topliss-reactive ketones (excluding diaryl/α,β-unsaturated/α-hetero) is 1. The first-order valence-electron chi connectivity index (χ1n) is 5.64. The van der Waals surface area contributed by atoms with Crippen LogP contribution in [0, 0.1) is 11.6 Å². The van der Waals surface area contributed by atoms with E-state index < -0.39 is 34.6 Å². The number of ketones is 1. The van der Waals surface area contributed by atoms with Gasteiger partial charge >= 0.3 is 0 Å². The third kappa shape index (κ3) is 2.42. The van der Waals surface area contributed by atoms with Gasteiger partial charge in [0, 0.05) is 31.3 Å². The van der Waals surface area contributed by atoms with Gasteiger partial charge in [0.05, 0.1) is 5.56 Å². The number of allylic oxidation sites excluding steroid dienone is 1. The van der Waals surface area contributed by atoms with E-state index in [1.54, 1.807) is 0 Å². The Labute approximate surface area is 112 Å². The predicted molar refractivity (Wildman–Crippen MR) is 66.6 cm³/mol. The van der Waals surface area contributed by atoms with Gasteiger partial charge in [0.15, 0.2) is 17.3 Å². The molecule has 0 bridgehead atoms. The maximum Gasteiger partial charge on any atom is 0.265 e. The van der Waals surface area contributed by atoms with Crippen LogP contribution in [0.5, 0.6) is 5.75 Å². The lowest BCUT2D eigenvalue weighted by molar-refractivity contribution is -0.114. The van der Waals surface area contributed by atoms with Gasteiger partial charge in [-0.2, -0.15) is 0 Å². The number of nitrogens with one attached hydrogen (secondary N) is 1. The lowest BCUT2D eigenvalue weighted by Gasteiger charge is -2.06. The van der Waals surface area contributed by atoms with Crippen LogP contribution in [0.2, 0.25) is 0 Å². The summed E-state index contributed by atoms with van der Waals surface area (Å²) in [6, 6.07) is 1.21. The number of carbonyl (C=O) groups is 2. The highest BCUT2D eigenvalue weighted by atomic mass is 19.1. The molecule has 0 aromatic heterocycles. The smallest absolute Gasteiger partial charge is 0.265 e. The first-order chi connectivity index (χ1) is 9.43. The largest absolute Gasteiger partial charge is 0.504 e. The van der Waals surface area contributed by atoms with Crippen molar-refractivity contribution in [2.75, 3.05) is 7.05 Å². The second-order valence-electron chi connectivity index (χ2n) is 4.10. The fourth-order valence-corrected chi connectivity index (χ4v) is 1.76. The molecule has 1 aromatic carbocycles. The van der Waals surface area contributed by atoms with Crippen molar-refractivity contribution in [1.29, 1.82) is 0 Å². The number of amides is 1. The van der Waals surface area contributed by atoms with Crippen LogP contribution in [0.3, 0.4) is 0 Å². The first-order valence-corrected chi connectivity index (χ1v) is 5.64. The maximum atomic E-state index is 13.2. The molecular weight excluding hydrogens is 270 g/mol. The Hall–Kier alpha value is -2.57. The molecule has 2 rings (SSSR count). The lowest BCUT2D eigenvalue weighted by Crippen LogP contribution is -2.27. The minimum atomic E-state index is -1.22. The zero-order valence-corrected chi connectivity index (χ0v) is 10.4. The molecule has 0 fully saturated rings. The number of aliphatic imine (C=N–C) groups is 1. The minimum absolute atomic E-state index is 0.0594. The summed E-state index contributed by atoms with van der Waals surface area (Å²) in [7, 11) is 1.42. The molecule has 2 N–H and O–H groups in total. The van der Waals surface area contributed by atoms with Crippen molar-refractivity contribution in [2.24, 2.45) is 4.99 Å². The number of phenols is 1. The molecule has 5 nitrogen and oxygen atoms in total. The Balaban J connectivity index is 2.26. The van der Waals surface area contributed by atoms with Crippen molar-refractivity contribution in [2.45, 2.75) is 6.42 Å². The molecule has 20 heavy (non-hydrogen) atoms. The highest BCUT2D eigenvalue weighted by Gasteiger charge is 2.25. The number of hydrogen-bond donors (Lipinski definition) is 2. The van der Waals surface area contributed by atoms with Crippen LogP contribution in [0.1, 0.15) is 16.8 Å². The van der Waals surface area contributed by atoms with Crippen LogP contribution < -0.4 is 5.32 Å². The lowest BCUT2D eigenvalue weighted by atomic mass is 9.99. The zero-order valence-electron chi connectivity index (χ0n) is 10.4. The van der Waals surface area contributed by atoms with Crippen LogP contribution in [-0.4, -0.2) is 29.6 Å². The van der Waals surface area contributed by atoms with Crippen molar-refractivity contribution < 1.29 is 23.5 Å². The standard InChI is InChI=1S/C13H10F2N2O3/c1-16-13(20)10-2-6(5-17-10)11(18)8-3-7(14)4-9(15)12(8)19/h3-5,19H,2H2,1H3,(H,16,20). The Bertz CT molecular complexity index is 666. The van der Waals surface area contributed by atoms with E-state index in [2.05, 4.69) is 10.3 Å². The number of aromatic hydroxyl groups is 1. The molecule has 0 saturated carbocycles. The van der Waals surface area contributed by atoms with Gasteiger partial charge in [0.25, 0.3) is 5.91 Å². The van der Waals surface area contributed by atoms with E-state index in [0.29, 0.717) is 6.07 Å². The summed E-state index contributed by atoms with van der Waals surface area (Å²) in [5.74, 6) is -4.35. The van der Waals surface area contributed by atoms with Crippen LogP contribution >= 0.6 is 0 Å². The van der Waals surface area contributed by atoms with E-state index in [1.165, 1.54) is 7.05 Å². The number of phenolic OH excluding ortho intramolecular Hbond substituents is 1. The predicted octanol–water partition coefficient (Wildman–Crippen LogP) is 1.33. The quantitative estimate of drug-likeness (QED) is 0.820. The number of hydrogen-bond acceptors (Lipinski definition) is 4. The van der Waals surface area contributed by atoms with Crippen molar-refractivity contribution in [3.63, 3.8) is 0 Å². The summed E-state index contributed by atoms with van der Waals surface area (Å²) in [6.07, 6.45) is 1.09. The van der Waals surface area contributed by atoms with Crippen LogP contribution in [0.4, 0.5) is 8.78 Å². The molecule has 1 aromatic rings. The van der Waals surface area contributed by atoms with E-state index in [1.807, 2.05) is 0 Å². The number of nitrogens with zero attached hydrogens (tertiary/aromatic N) is 1. The highest BCUT2D eigenvalue weighted by Crippen LogP contribution is 2.27. The number of carbonyl (C=O) groups excluding carboxylic acids is 2. The number of halogens is 2. The Morgan fingerprint density at radius 2 is 2.05 bits per heavy atom. The molecule has 1 amide bonds. The molecule has 104 valence electrons. The SMILES string of the molecule is CNC(=O)C1=NC=C(C(=O)c2cc(F)cc(F)c2O)C1. The molecule has 1 aliphatic heterocycles. The summed E-state index contributed by atoms with van der Waals surface area (Å²) in [5.41, 5.74) is -0.307. The van der Waals surface area contributed by atoms with Crippen LogP contribution in [-0.2, 0) is 4.79 Å². The highest BCUT2D eigenvalue weighted by molar-refractivity contribution is 6.41. The number of rotatable bonds is 3. The minimum Gasteiger partial charge on any atom is -0.504 e. The van der Waals surface area contributed by atoms with Crippen molar-refractivity contribution >= 4 is 17.4 Å². The van der Waals surface area contributed by atoms with Gasteiger partial charge in [-0.1, -0.05) is 0 Å². The van der Waals surface area contributed by atoms with Crippen LogP contribution in [0.25, 0.3) is 0 Å². The third-order valence-electron chi connectivity index (χ3n) is 2.79. The normalized spacial score (nSPS) is 13.8. The third-order valence-corrected chi connectivity index (χ3v) is 2.79. The molecule has 1 heterocycles. The average Bonchev–Trinajstić information content (AvgIpc) is 2.90. The summed E-state index contributed by atoms with van der Waals surface area (Å²) in [4.78, 5) is 27.2. The van der Waals surface area contributed by atoms with E-state index in [-0.39, 0.29) is 17.7 Å². The van der Waals surface area contributed by atoms with Gasteiger partial charge in [0.2, 0.25) is 0 Å². The summed E-state index contributed by atoms with van der Waals surface area (Å²) < 4.78 is 26.3. The van der Waals surface area contributed by atoms with E-state index in [4.69, 9.17) is 0 Å². The second-order valence-corrected chi connectivity index (χ2v) is 4.10. The summed E-state index contributed by atoms with van der Waals surface area (Å²) >= 11 is 0. The summed E-state index contributed by atoms with van der Waals surface area (Å²) in [6.45, 7) is 0. The van der Waals surface area contributed by atoms with Crippen molar-refractivity contribution in [3.05, 3.63) is 41.1 Å². The fourth-order valence-electron chi connectivity index (χ4n) is 1.76. The zero-order chi connectivity index (χ0) is 14.9. The van der Waals surface area contributed by atoms with E-state index in [0.717, 1.165) is 12.3 Å². The second kappa shape index (κ2) is 5.20. The van der Waals surface area contributed by atoms with Gasteiger partial charge < -0.3 is 10.4 Å². The fraction of sp³-hybridized carbons (Fsp3) is 0.154. The van der Waals surface area contributed by atoms with Gasteiger partial charge in [-0.3, -0.25) is 14.6 Å². The monoisotopic (exact) mass is 280 g/mol. The van der Waals surface area contributed by atoms with Gasteiger partial charge in [-0.15, -0.1) is 0 Å². The first kappa shape index (κ1) is 13.9. The molecule has 0 saturated heterocycles. The van der Waals surface area contributed by atoms with Gasteiger partial charge in [0.1, 0.15) is 11.5 Å². The van der Waals surface area contributed by atoms with Crippen molar-refractivity contribution in [1.82, 2.24) is 5.32 Å². The Morgan fingerprint density at radius 1 is 1.35 bits per heavy atom. The molecule has 0 unspecified atom stereocenters. The molecule has 7 heteroatoms. The Morgan fingerprint density at radius 3 is 2.70 bits per heavy atom. The topological polar surface area (TPSA) is 78.8 Å². The summed E-state index contributed by atoms with van der Waals surface area (Å²) in [5, 5.41) is 11.8. The van der Waals surface area contributed by atoms with Crippen molar-refractivity contribution in [3.8, 4) is 5.75 Å². The van der Waals surface area contributed by atoms with E-state index in [9.17, 15) is 23.5 Å².